The lowest BCUT2D eigenvalue weighted by molar-refractivity contribution is 0.107. The number of benzene rings is 1. The third kappa shape index (κ3) is 3.87. The Morgan fingerprint density at radius 3 is 2.68 bits per heavy atom. The molecule has 1 aliphatic heterocycles. The molecule has 1 unspecified atom stereocenters. The molecule has 0 fully saturated rings. The summed E-state index contributed by atoms with van der Waals surface area (Å²) in [4.78, 5) is 2.50. The minimum absolute atomic E-state index is 0.232. The monoisotopic (exact) mass is 262 g/mol. The molecule has 1 heterocycles. The molecular formula is C16H26N2O. The van der Waals surface area contributed by atoms with E-state index in [1.807, 2.05) is 18.2 Å². The SMILES string of the molecule is CC(C)CN(CC1CNc2ccccc2O1)C(C)C. The molecule has 0 saturated heterocycles. The van der Waals surface area contributed by atoms with Gasteiger partial charge in [0, 0.05) is 19.1 Å². The highest BCUT2D eigenvalue weighted by atomic mass is 16.5. The van der Waals surface area contributed by atoms with E-state index in [2.05, 4.69) is 44.0 Å². The van der Waals surface area contributed by atoms with Crippen LogP contribution < -0.4 is 10.1 Å². The maximum Gasteiger partial charge on any atom is 0.142 e. The van der Waals surface area contributed by atoms with Gasteiger partial charge in [0.1, 0.15) is 11.9 Å². The van der Waals surface area contributed by atoms with Crippen LogP contribution in [0.15, 0.2) is 24.3 Å². The Labute approximate surface area is 116 Å². The Morgan fingerprint density at radius 1 is 1.26 bits per heavy atom. The minimum Gasteiger partial charge on any atom is -0.485 e. The molecule has 1 N–H and O–H groups in total. The summed E-state index contributed by atoms with van der Waals surface area (Å²) in [5, 5.41) is 3.46. The Hall–Kier alpha value is -1.22. The first-order chi connectivity index (χ1) is 9.06. The van der Waals surface area contributed by atoms with Crippen LogP contribution in [0.2, 0.25) is 0 Å². The molecule has 1 aliphatic rings. The molecule has 1 aromatic carbocycles. The van der Waals surface area contributed by atoms with Gasteiger partial charge >= 0.3 is 0 Å². The summed E-state index contributed by atoms with van der Waals surface area (Å²) in [6.07, 6.45) is 0.232. The first-order valence-electron chi connectivity index (χ1n) is 7.30. The largest absolute Gasteiger partial charge is 0.485 e. The summed E-state index contributed by atoms with van der Waals surface area (Å²) in [5.41, 5.74) is 1.11. The quantitative estimate of drug-likeness (QED) is 0.881. The number of anilines is 1. The lowest BCUT2D eigenvalue weighted by atomic mass is 10.1. The Kier molecular flexibility index (Phi) is 4.70. The fourth-order valence-electron chi connectivity index (χ4n) is 2.49. The second-order valence-corrected chi connectivity index (χ2v) is 6.06. The number of hydrogen-bond acceptors (Lipinski definition) is 3. The van der Waals surface area contributed by atoms with E-state index in [4.69, 9.17) is 4.74 Å². The van der Waals surface area contributed by atoms with Crippen molar-refractivity contribution in [3.63, 3.8) is 0 Å². The van der Waals surface area contributed by atoms with Crippen molar-refractivity contribution in [2.45, 2.75) is 39.8 Å². The molecule has 0 bridgehead atoms. The van der Waals surface area contributed by atoms with E-state index in [1.54, 1.807) is 0 Å². The van der Waals surface area contributed by atoms with Crippen LogP contribution in [0.5, 0.6) is 5.75 Å². The summed E-state index contributed by atoms with van der Waals surface area (Å²) in [6.45, 7) is 12.0. The summed E-state index contributed by atoms with van der Waals surface area (Å²) in [5.74, 6) is 1.67. The molecule has 0 amide bonds. The first-order valence-corrected chi connectivity index (χ1v) is 7.30. The van der Waals surface area contributed by atoms with E-state index in [1.165, 1.54) is 0 Å². The highest BCUT2D eigenvalue weighted by Gasteiger charge is 2.23. The number of nitrogens with one attached hydrogen (secondary N) is 1. The lowest BCUT2D eigenvalue weighted by Crippen LogP contribution is -2.45. The van der Waals surface area contributed by atoms with Crippen molar-refractivity contribution in [3.8, 4) is 5.75 Å². The highest BCUT2D eigenvalue weighted by molar-refractivity contribution is 5.57. The average molecular weight is 262 g/mol. The predicted molar refractivity (Wildman–Crippen MR) is 80.9 cm³/mol. The van der Waals surface area contributed by atoms with Crippen molar-refractivity contribution in [1.82, 2.24) is 4.90 Å². The van der Waals surface area contributed by atoms with Gasteiger partial charge in [-0.15, -0.1) is 0 Å². The Bertz CT molecular complexity index is 403. The topological polar surface area (TPSA) is 24.5 Å². The van der Waals surface area contributed by atoms with Crippen LogP contribution in [-0.4, -0.2) is 36.7 Å². The fraction of sp³-hybridized carbons (Fsp3) is 0.625. The molecule has 19 heavy (non-hydrogen) atoms. The van der Waals surface area contributed by atoms with Gasteiger partial charge in [0.25, 0.3) is 0 Å². The van der Waals surface area contributed by atoms with Crippen LogP contribution in [0.4, 0.5) is 5.69 Å². The van der Waals surface area contributed by atoms with Crippen molar-refractivity contribution >= 4 is 5.69 Å². The maximum absolute atomic E-state index is 6.09. The molecule has 2 rings (SSSR count). The molecule has 3 nitrogen and oxygen atoms in total. The van der Waals surface area contributed by atoms with Crippen molar-refractivity contribution in [2.24, 2.45) is 5.92 Å². The number of rotatable bonds is 5. The number of ether oxygens (including phenoxy) is 1. The van der Waals surface area contributed by atoms with Crippen LogP contribution >= 0.6 is 0 Å². The zero-order chi connectivity index (χ0) is 13.8. The second kappa shape index (κ2) is 6.29. The van der Waals surface area contributed by atoms with Crippen molar-refractivity contribution in [2.75, 3.05) is 25.0 Å². The fourth-order valence-corrected chi connectivity index (χ4v) is 2.49. The predicted octanol–water partition coefficient (Wildman–Crippen LogP) is 3.23. The van der Waals surface area contributed by atoms with E-state index < -0.39 is 0 Å². The molecule has 0 aromatic heterocycles. The van der Waals surface area contributed by atoms with E-state index >= 15 is 0 Å². The van der Waals surface area contributed by atoms with E-state index in [0.29, 0.717) is 12.0 Å². The summed E-state index contributed by atoms with van der Waals surface area (Å²) in [6, 6.07) is 8.73. The van der Waals surface area contributed by atoms with Gasteiger partial charge < -0.3 is 10.1 Å². The van der Waals surface area contributed by atoms with E-state index in [0.717, 1.165) is 31.1 Å². The Morgan fingerprint density at radius 2 is 2.00 bits per heavy atom. The maximum atomic E-state index is 6.09. The molecule has 1 aromatic rings. The number of hydrogen-bond donors (Lipinski definition) is 1. The van der Waals surface area contributed by atoms with Crippen molar-refractivity contribution < 1.29 is 4.74 Å². The van der Waals surface area contributed by atoms with Crippen LogP contribution in [0.1, 0.15) is 27.7 Å². The van der Waals surface area contributed by atoms with Crippen LogP contribution in [0, 0.1) is 5.92 Å². The number of para-hydroxylation sites is 2. The third-order valence-electron chi connectivity index (χ3n) is 3.47. The van der Waals surface area contributed by atoms with Gasteiger partial charge in [-0.05, 0) is 31.9 Å². The van der Waals surface area contributed by atoms with E-state index in [9.17, 15) is 0 Å². The molecule has 0 saturated carbocycles. The molecule has 1 atom stereocenters. The van der Waals surface area contributed by atoms with E-state index in [-0.39, 0.29) is 6.10 Å². The third-order valence-corrected chi connectivity index (χ3v) is 3.47. The molecule has 0 aliphatic carbocycles. The van der Waals surface area contributed by atoms with Crippen LogP contribution in [0.3, 0.4) is 0 Å². The van der Waals surface area contributed by atoms with Crippen LogP contribution in [0.25, 0.3) is 0 Å². The van der Waals surface area contributed by atoms with Gasteiger partial charge in [-0.1, -0.05) is 26.0 Å². The number of nitrogens with zero attached hydrogens (tertiary/aromatic N) is 1. The Balaban J connectivity index is 1.96. The molecule has 0 spiro atoms. The molecular weight excluding hydrogens is 236 g/mol. The molecule has 106 valence electrons. The number of fused-ring (bicyclic) bond motifs is 1. The zero-order valence-electron chi connectivity index (χ0n) is 12.5. The first kappa shape index (κ1) is 14.2. The zero-order valence-corrected chi connectivity index (χ0v) is 12.5. The normalized spacial score (nSPS) is 18.4. The van der Waals surface area contributed by atoms with Crippen molar-refractivity contribution in [1.29, 1.82) is 0 Å². The average Bonchev–Trinajstić information content (AvgIpc) is 2.37. The summed E-state index contributed by atoms with van der Waals surface area (Å²) >= 11 is 0. The van der Waals surface area contributed by atoms with Gasteiger partial charge in [0.15, 0.2) is 0 Å². The minimum atomic E-state index is 0.232. The van der Waals surface area contributed by atoms with Crippen molar-refractivity contribution in [3.05, 3.63) is 24.3 Å². The van der Waals surface area contributed by atoms with Gasteiger partial charge in [-0.25, -0.2) is 0 Å². The second-order valence-electron chi connectivity index (χ2n) is 6.06. The molecule has 3 heteroatoms. The summed E-state index contributed by atoms with van der Waals surface area (Å²) < 4.78 is 6.09. The van der Waals surface area contributed by atoms with Gasteiger partial charge in [-0.3, -0.25) is 4.90 Å². The van der Waals surface area contributed by atoms with Gasteiger partial charge in [0.05, 0.1) is 12.2 Å². The van der Waals surface area contributed by atoms with Gasteiger partial charge in [0.2, 0.25) is 0 Å². The standard InChI is InChI=1S/C16H26N2O/c1-12(2)10-18(13(3)4)11-14-9-17-15-7-5-6-8-16(15)19-14/h5-8,12-14,17H,9-11H2,1-4H3. The highest BCUT2D eigenvalue weighted by Crippen LogP contribution is 2.28. The smallest absolute Gasteiger partial charge is 0.142 e. The summed E-state index contributed by atoms with van der Waals surface area (Å²) in [7, 11) is 0. The lowest BCUT2D eigenvalue weighted by Gasteiger charge is -2.34. The molecule has 0 radical (unpaired) electrons. The van der Waals surface area contributed by atoms with Crippen LogP contribution in [-0.2, 0) is 0 Å². The van der Waals surface area contributed by atoms with Gasteiger partial charge in [-0.2, -0.15) is 0 Å².